The van der Waals surface area contributed by atoms with Gasteiger partial charge in [-0.3, -0.25) is 9.69 Å². The molecule has 0 aromatic heterocycles. The van der Waals surface area contributed by atoms with Crippen LogP contribution >= 0.6 is 15.9 Å². The van der Waals surface area contributed by atoms with Crippen molar-refractivity contribution in [1.29, 1.82) is 0 Å². The Bertz CT molecular complexity index is 845. The molecule has 136 valence electrons. The summed E-state index contributed by atoms with van der Waals surface area (Å²) in [5.41, 5.74) is -0.00477. The molecule has 8 heteroatoms. The molecule has 2 aromatic rings. The van der Waals surface area contributed by atoms with Crippen molar-refractivity contribution in [1.82, 2.24) is 10.2 Å². The van der Waals surface area contributed by atoms with Crippen molar-refractivity contribution in [3.05, 3.63) is 64.1 Å². The molecular weight excluding hydrogens is 410 g/mol. The van der Waals surface area contributed by atoms with Gasteiger partial charge < -0.3 is 10.1 Å². The Morgan fingerprint density at radius 3 is 2.42 bits per heavy atom. The van der Waals surface area contributed by atoms with Crippen LogP contribution in [0.3, 0.4) is 0 Å². The Hall–Kier alpha value is -2.48. The van der Waals surface area contributed by atoms with E-state index in [1.807, 2.05) is 24.3 Å². The zero-order valence-electron chi connectivity index (χ0n) is 13.7. The topological polar surface area (TPSA) is 58.6 Å². The fourth-order valence-corrected chi connectivity index (χ4v) is 3.21. The fourth-order valence-electron chi connectivity index (χ4n) is 2.80. The minimum Gasteiger partial charge on any atom is -0.435 e. The summed E-state index contributed by atoms with van der Waals surface area (Å²) in [6.07, 6.45) is 0. The number of rotatable bonds is 5. The van der Waals surface area contributed by atoms with E-state index < -0.39 is 24.1 Å². The first kappa shape index (κ1) is 18.3. The summed E-state index contributed by atoms with van der Waals surface area (Å²) in [5.74, 6) is -0.435. The van der Waals surface area contributed by atoms with Crippen molar-refractivity contribution >= 4 is 27.9 Å². The normalized spacial score (nSPS) is 19.8. The van der Waals surface area contributed by atoms with Gasteiger partial charge in [-0.15, -0.1) is 0 Å². The molecule has 1 fully saturated rings. The smallest absolute Gasteiger partial charge is 0.387 e. The molecule has 1 unspecified atom stereocenters. The Morgan fingerprint density at radius 2 is 1.81 bits per heavy atom. The molecule has 1 atom stereocenters. The van der Waals surface area contributed by atoms with Crippen LogP contribution in [0.5, 0.6) is 5.75 Å². The highest BCUT2D eigenvalue weighted by Crippen LogP contribution is 2.32. The lowest BCUT2D eigenvalue weighted by atomic mass is 9.92. The molecular formula is C18H15BrF2N2O3. The molecule has 1 aliphatic heterocycles. The van der Waals surface area contributed by atoms with Gasteiger partial charge in [-0.25, -0.2) is 4.79 Å². The number of imide groups is 1. The molecule has 3 amide bonds. The SMILES string of the molecule is CC1(c2ccc(OC(F)F)cc2)NC(=O)N(Cc2ccccc2Br)C1=O. The standard InChI is InChI=1S/C18H15BrF2N2O3/c1-18(12-6-8-13(9-7-12)26-16(20)21)15(24)23(17(25)22-18)10-11-4-2-3-5-14(11)19/h2-9,16H,10H2,1H3,(H,22,25). The van der Waals surface area contributed by atoms with E-state index in [4.69, 9.17) is 0 Å². The summed E-state index contributed by atoms with van der Waals surface area (Å²) >= 11 is 3.40. The molecule has 0 radical (unpaired) electrons. The van der Waals surface area contributed by atoms with Crippen molar-refractivity contribution < 1.29 is 23.1 Å². The maximum atomic E-state index is 12.9. The van der Waals surface area contributed by atoms with E-state index in [1.54, 1.807) is 6.92 Å². The van der Waals surface area contributed by atoms with E-state index in [0.717, 1.165) is 14.9 Å². The molecule has 3 rings (SSSR count). The van der Waals surface area contributed by atoms with Crippen LogP contribution in [0.2, 0.25) is 0 Å². The highest BCUT2D eigenvalue weighted by molar-refractivity contribution is 9.10. The van der Waals surface area contributed by atoms with E-state index in [1.165, 1.54) is 24.3 Å². The van der Waals surface area contributed by atoms with Crippen LogP contribution in [0.4, 0.5) is 13.6 Å². The Morgan fingerprint density at radius 1 is 1.15 bits per heavy atom. The van der Waals surface area contributed by atoms with Gasteiger partial charge in [-0.05, 0) is 36.2 Å². The minimum atomic E-state index is -2.93. The van der Waals surface area contributed by atoms with Gasteiger partial charge in [0.1, 0.15) is 11.3 Å². The van der Waals surface area contributed by atoms with Gasteiger partial charge in [0.2, 0.25) is 0 Å². The van der Waals surface area contributed by atoms with Gasteiger partial charge in [-0.1, -0.05) is 46.3 Å². The van der Waals surface area contributed by atoms with Crippen LogP contribution in [0.25, 0.3) is 0 Å². The zero-order chi connectivity index (χ0) is 18.9. The monoisotopic (exact) mass is 424 g/mol. The Balaban J connectivity index is 1.83. The molecule has 1 aliphatic rings. The first-order valence-electron chi connectivity index (χ1n) is 7.74. The number of alkyl halides is 2. The molecule has 1 saturated heterocycles. The molecule has 0 saturated carbocycles. The van der Waals surface area contributed by atoms with Crippen molar-refractivity contribution in [2.24, 2.45) is 0 Å². The number of nitrogens with one attached hydrogen (secondary N) is 1. The number of carbonyl (C=O) groups is 2. The van der Waals surface area contributed by atoms with Crippen molar-refractivity contribution in [2.75, 3.05) is 0 Å². The lowest BCUT2D eigenvalue weighted by Crippen LogP contribution is -2.40. The van der Waals surface area contributed by atoms with Gasteiger partial charge >= 0.3 is 12.6 Å². The van der Waals surface area contributed by atoms with Gasteiger partial charge in [0.05, 0.1) is 6.54 Å². The third-order valence-corrected chi connectivity index (χ3v) is 4.99. The largest absolute Gasteiger partial charge is 0.435 e. The Labute approximate surface area is 157 Å². The average Bonchev–Trinajstić information content (AvgIpc) is 2.81. The van der Waals surface area contributed by atoms with Gasteiger partial charge in [0.25, 0.3) is 5.91 Å². The number of benzene rings is 2. The third-order valence-electron chi connectivity index (χ3n) is 4.22. The first-order valence-corrected chi connectivity index (χ1v) is 8.53. The molecule has 26 heavy (non-hydrogen) atoms. The van der Waals surface area contributed by atoms with Crippen LogP contribution in [0.1, 0.15) is 18.1 Å². The van der Waals surface area contributed by atoms with E-state index in [2.05, 4.69) is 26.0 Å². The second-order valence-corrected chi connectivity index (χ2v) is 6.80. The van der Waals surface area contributed by atoms with Crippen LogP contribution in [-0.2, 0) is 16.9 Å². The van der Waals surface area contributed by atoms with Crippen LogP contribution < -0.4 is 10.1 Å². The average molecular weight is 425 g/mol. The Kier molecular flexibility index (Phi) is 4.95. The van der Waals surface area contributed by atoms with E-state index in [9.17, 15) is 18.4 Å². The summed E-state index contributed by atoms with van der Waals surface area (Å²) < 4.78 is 29.6. The zero-order valence-corrected chi connectivity index (χ0v) is 15.3. The summed E-state index contributed by atoms with van der Waals surface area (Å²) in [4.78, 5) is 26.4. The predicted molar refractivity (Wildman–Crippen MR) is 93.6 cm³/mol. The molecule has 0 aliphatic carbocycles. The number of hydrogen-bond donors (Lipinski definition) is 1. The van der Waals surface area contributed by atoms with E-state index in [0.29, 0.717) is 5.56 Å². The number of hydrogen-bond acceptors (Lipinski definition) is 3. The fraction of sp³-hybridized carbons (Fsp3) is 0.222. The molecule has 0 bridgehead atoms. The van der Waals surface area contributed by atoms with Crippen molar-refractivity contribution in [3.63, 3.8) is 0 Å². The second kappa shape index (κ2) is 7.03. The maximum Gasteiger partial charge on any atom is 0.387 e. The predicted octanol–water partition coefficient (Wildman–Crippen LogP) is 4.02. The van der Waals surface area contributed by atoms with Gasteiger partial charge in [0, 0.05) is 4.47 Å². The highest BCUT2D eigenvalue weighted by Gasteiger charge is 2.48. The second-order valence-electron chi connectivity index (χ2n) is 5.94. The summed E-state index contributed by atoms with van der Waals surface area (Å²) in [6.45, 7) is -1.23. The number of nitrogens with zero attached hydrogens (tertiary/aromatic N) is 1. The molecule has 1 heterocycles. The lowest BCUT2D eigenvalue weighted by molar-refractivity contribution is -0.131. The molecule has 5 nitrogen and oxygen atoms in total. The summed E-state index contributed by atoms with van der Waals surface area (Å²) in [5, 5.41) is 2.68. The van der Waals surface area contributed by atoms with E-state index >= 15 is 0 Å². The number of ether oxygens (including phenoxy) is 1. The molecule has 1 N–H and O–H groups in total. The number of halogens is 3. The number of amides is 3. The highest BCUT2D eigenvalue weighted by atomic mass is 79.9. The van der Waals surface area contributed by atoms with Gasteiger partial charge in [-0.2, -0.15) is 8.78 Å². The summed E-state index contributed by atoms with van der Waals surface area (Å²) in [6, 6.07) is 12.4. The maximum absolute atomic E-state index is 12.9. The number of urea groups is 1. The van der Waals surface area contributed by atoms with Crippen LogP contribution in [-0.4, -0.2) is 23.4 Å². The third kappa shape index (κ3) is 3.41. The van der Waals surface area contributed by atoms with Crippen LogP contribution in [0, 0.1) is 0 Å². The van der Waals surface area contributed by atoms with Crippen molar-refractivity contribution in [3.8, 4) is 5.75 Å². The molecule has 2 aromatic carbocycles. The quantitative estimate of drug-likeness (QED) is 0.737. The summed E-state index contributed by atoms with van der Waals surface area (Å²) in [7, 11) is 0. The van der Waals surface area contributed by atoms with Gasteiger partial charge in [0.15, 0.2) is 0 Å². The lowest BCUT2D eigenvalue weighted by Gasteiger charge is -2.22. The first-order chi connectivity index (χ1) is 12.3. The molecule has 0 spiro atoms. The van der Waals surface area contributed by atoms with Crippen molar-refractivity contribution in [2.45, 2.75) is 25.6 Å². The minimum absolute atomic E-state index is 0.0193. The van der Waals surface area contributed by atoms with E-state index in [-0.39, 0.29) is 12.3 Å². The number of carbonyl (C=O) groups excluding carboxylic acids is 2. The van der Waals surface area contributed by atoms with Crippen LogP contribution in [0.15, 0.2) is 53.0 Å².